The third kappa shape index (κ3) is 1.88. The fourth-order valence-corrected chi connectivity index (χ4v) is 4.03. The zero-order chi connectivity index (χ0) is 12.8. The maximum Gasteiger partial charge on any atom is 0.0777 e. The topological polar surface area (TPSA) is 23.5 Å². The first-order valence-corrected chi connectivity index (χ1v) is 7.12. The molecule has 1 saturated heterocycles. The third-order valence-electron chi connectivity index (χ3n) is 5.00. The summed E-state index contributed by atoms with van der Waals surface area (Å²) in [6, 6.07) is 11.4. The summed E-state index contributed by atoms with van der Waals surface area (Å²) in [6.07, 6.45) is 3.40. The molecule has 4 atom stereocenters. The Morgan fingerprint density at radius 1 is 1.28 bits per heavy atom. The number of hydrogen-bond donors (Lipinski definition) is 1. The molecule has 2 aliphatic rings. The molecule has 18 heavy (non-hydrogen) atoms. The minimum atomic E-state index is -0.496. The molecule has 1 N–H and O–H groups in total. The fourth-order valence-electron chi connectivity index (χ4n) is 4.03. The van der Waals surface area contributed by atoms with Crippen molar-refractivity contribution in [3.63, 3.8) is 0 Å². The highest BCUT2D eigenvalue weighted by Gasteiger charge is 2.51. The van der Waals surface area contributed by atoms with Gasteiger partial charge >= 0.3 is 0 Å². The molecule has 1 aromatic rings. The van der Waals surface area contributed by atoms with E-state index in [4.69, 9.17) is 0 Å². The molecule has 1 aromatic carbocycles. The van der Waals surface area contributed by atoms with E-state index in [1.54, 1.807) is 0 Å². The van der Waals surface area contributed by atoms with Gasteiger partial charge in [0.1, 0.15) is 0 Å². The van der Waals surface area contributed by atoms with Gasteiger partial charge in [-0.15, -0.1) is 0 Å². The highest BCUT2D eigenvalue weighted by Crippen LogP contribution is 2.46. The molecule has 2 nitrogen and oxygen atoms in total. The molecule has 2 fully saturated rings. The van der Waals surface area contributed by atoms with E-state index in [1.165, 1.54) is 18.4 Å². The summed E-state index contributed by atoms with van der Waals surface area (Å²) in [5.41, 5.74) is 0.866. The molecule has 1 saturated carbocycles. The van der Waals surface area contributed by atoms with Crippen LogP contribution in [-0.2, 0) is 0 Å². The Labute approximate surface area is 110 Å². The van der Waals surface area contributed by atoms with Crippen molar-refractivity contribution < 1.29 is 5.11 Å². The van der Waals surface area contributed by atoms with E-state index >= 15 is 0 Å². The van der Waals surface area contributed by atoms with Crippen molar-refractivity contribution in [2.24, 2.45) is 5.92 Å². The summed E-state index contributed by atoms with van der Waals surface area (Å²) in [6.45, 7) is 5.42. The zero-order valence-corrected chi connectivity index (χ0v) is 11.3. The van der Waals surface area contributed by atoms with Crippen molar-refractivity contribution in [3.05, 3.63) is 35.9 Å². The molecule has 1 aliphatic heterocycles. The number of rotatable bonds is 2. The second kappa shape index (κ2) is 4.36. The third-order valence-corrected chi connectivity index (χ3v) is 5.00. The molecule has 0 aromatic heterocycles. The average molecular weight is 245 g/mol. The molecule has 0 radical (unpaired) electrons. The lowest BCUT2D eigenvalue weighted by Crippen LogP contribution is -2.47. The molecule has 98 valence electrons. The van der Waals surface area contributed by atoms with Crippen molar-refractivity contribution in [2.75, 3.05) is 6.54 Å². The van der Waals surface area contributed by atoms with E-state index in [0.717, 1.165) is 13.0 Å². The minimum absolute atomic E-state index is 0.354. The largest absolute Gasteiger partial charge is 0.389 e. The van der Waals surface area contributed by atoms with Crippen LogP contribution in [0.1, 0.15) is 44.7 Å². The number of fused-ring (bicyclic) bond motifs is 1. The van der Waals surface area contributed by atoms with Crippen LogP contribution in [0, 0.1) is 5.92 Å². The molecule has 0 unspecified atom stereocenters. The van der Waals surface area contributed by atoms with Crippen LogP contribution in [0.4, 0.5) is 0 Å². The van der Waals surface area contributed by atoms with E-state index < -0.39 is 5.60 Å². The van der Waals surface area contributed by atoms with Crippen LogP contribution in [0.15, 0.2) is 30.3 Å². The van der Waals surface area contributed by atoms with Crippen LogP contribution in [-0.4, -0.2) is 28.2 Å². The smallest absolute Gasteiger partial charge is 0.0777 e. The Bertz CT molecular complexity index is 414. The Morgan fingerprint density at radius 3 is 2.72 bits per heavy atom. The Balaban J connectivity index is 1.85. The number of benzene rings is 1. The summed E-state index contributed by atoms with van der Waals surface area (Å²) >= 11 is 0. The van der Waals surface area contributed by atoms with Crippen molar-refractivity contribution in [2.45, 2.75) is 50.8 Å². The van der Waals surface area contributed by atoms with E-state index in [2.05, 4.69) is 42.2 Å². The Kier molecular flexibility index (Phi) is 2.95. The maximum absolute atomic E-state index is 10.6. The number of aliphatic hydroxyl groups is 1. The summed E-state index contributed by atoms with van der Waals surface area (Å²) in [7, 11) is 0. The molecule has 1 heterocycles. The normalized spacial score (nSPS) is 37.7. The van der Waals surface area contributed by atoms with Crippen LogP contribution in [0.5, 0.6) is 0 Å². The maximum atomic E-state index is 10.6. The van der Waals surface area contributed by atoms with Gasteiger partial charge in [0.25, 0.3) is 0 Å². The van der Waals surface area contributed by atoms with Gasteiger partial charge in [-0.3, -0.25) is 4.90 Å². The minimum Gasteiger partial charge on any atom is -0.389 e. The van der Waals surface area contributed by atoms with Gasteiger partial charge in [-0.25, -0.2) is 0 Å². The van der Waals surface area contributed by atoms with Crippen molar-refractivity contribution >= 4 is 0 Å². The van der Waals surface area contributed by atoms with Crippen LogP contribution in [0.25, 0.3) is 0 Å². The molecule has 0 amide bonds. The number of likely N-dealkylation sites (tertiary alicyclic amines) is 1. The van der Waals surface area contributed by atoms with Crippen molar-refractivity contribution in [1.29, 1.82) is 0 Å². The average Bonchev–Trinajstić information content (AvgIpc) is 2.92. The summed E-state index contributed by atoms with van der Waals surface area (Å²) in [5, 5.41) is 10.6. The number of nitrogens with zero attached hydrogens (tertiary/aromatic N) is 1. The van der Waals surface area contributed by atoms with Gasteiger partial charge in [0.05, 0.1) is 5.60 Å². The molecule has 2 heteroatoms. The molecule has 1 aliphatic carbocycles. The van der Waals surface area contributed by atoms with Crippen LogP contribution in [0.2, 0.25) is 0 Å². The highest BCUT2D eigenvalue weighted by molar-refractivity contribution is 5.20. The van der Waals surface area contributed by atoms with E-state index in [9.17, 15) is 5.11 Å². The second-order valence-electron chi connectivity index (χ2n) is 6.21. The van der Waals surface area contributed by atoms with Gasteiger partial charge in [0, 0.05) is 12.1 Å². The Morgan fingerprint density at radius 2 is 2.00 bits per heavy atom. The van der Waals surface area contributed by atoms with Crippen LogP contribution >= 0.6 is 0 Å². The Hall–Kier alpha value is -0.860. The van der Waals surface area contributed by atoms with E-state index in [-0.39, 0.29) is 0 Å². The first-order chi connectivity index (χ1) is 8.59. The molecular weight excluding hydrogens is 222 g/mol. The van der Waals surface area contributed by atoms with Crippen molar-refractivity contribution in [1.82, 2.24) is 4.90 Å². The first kappa shape index (κ1) is 12.2. The van der Waals surface area contributed by atoms with Gasteiger partial charge in [-0.1, -0.05) is 30.3 Å². The lowest BCUT2D eigenvalue weighted by Gasteiger charge is -2.37. The zero-order valence-electron chi connectivity index (χ0n) is 11.3. The summed E-state index contributed by atoms with van der Waals surface area (Å²) in [5.74, 6) is 0.700. The predicted octanol–water partition coefficient (Wildman–Crippen LogP) is 2.98. The quantitative estimate of drug-likeness (QED) is 0.866. The van der Waals surface area contributed by atoms with E-state index in [0.29, 0.717) is 18.0 Å². The predicted molar refractivity (Wildman–Crippen MR) is 73.3 cm³/mol. The van der Waals surface area contributed by atoms with Gasteiger partial charge in [0.15, 0.2) is 0 Å². The summed E-state index contributed by atoms with van der Waals surface area (Å²) in [4.78, 5) is 2.52. The van der Waals surface area contributed by atoms with Crippen LogP contribution in [0.3, 0.4) is 0 Å². The van der Waals surface area contributed by atoms with E-state index in [1.807, 2.05) is 6.92 Å². The number of hydrogen-bond acceptors (Lipinski definition) is 2. The molecule has 3 rings (SSSR count). The fraction of sp³-hybridized carbons (Fsp3) is 0.625. The first-order valence-electron chi connectivity index (χ1n) is 7.12. The SMILES string of the molecule is C[C@H](c1ccccc1)N1CC[C@H]2CC[C@@](C)(O)[C@H]21. The second-order valence-corrected chi connectivity index (χ2v) is 6.21. The monoisotopic (exact) mass is 245 g/mol. The molecular formula is C16H23NO. The van der Waals surface area contributed by atoms with Gasteiger partial charge in [-0.05, 0) is 51.1 Å². The van der Waals surface area contributed by atoms with Gasteiger partial charge in [0.2, 0.25) is 0 Å². The van der Waals surface area contributed by atoms with Gasteiger partial charge in [-0.2, -0.15) is 0 Å². The van der Waals surface area contributed by atoms with Crippen LogP contribution < -0.4 is 0 Å². The molecule has 0 bridgehead atoms. The van der Waals surface area contributed by atoms with Crippen molar-refractivity contribution in [3.8, 4) is 0 Å². The molecule has 0 spiro atoms. The standard InChI is InChI=1S/C16H23NO/c1-12(13-6-4-3-5-7-13)17-11-9-14-8-10-16(2,18)15(14)17/h3-7,12,14-15,18H,8-11H2,1-2H3/t12-,14-,15+,16-/m1/s1. The lowest BCUT2D eigenvalue weighted by molar-refractivity contribution is -0.0176. The van der Waals surface area contributed by atoms with Gasteiger partial charge < -0.3 is 5.11 Å². The summed E-state index contributed by atoms with van der Waals surface area (Å²) < 4.78 is 0. The lowest BCUT2D eigenvalue weighted by atomic mass is 9.94. The highest BCUT2D eigenvalue weighted by atomic mass is 16.3.